The van der Waals surface area contributed by atoms with Crippen LogP contribution in [0.25, 0.3) is 0 Å². The van der Waals surface area contributed by atoms with Crippen LogP contribution in [0.15, 0.2) is 18.2 Å². The molecule has 1 aromatic rings. The summed E-state index contributed by atoms with van der Waals surface area (Å²) in [7, 11) is 0. The van der Waals surface area contributed by atoms with Crippen molar-refractivity contribution in [3.05, 3.63) is 35.1 Å². The third-order valence-corrected chi connectivity index (χ3v) is 2.10. The zero-order valence-corrected chi connectivity index (χ0v) is 8.13. The Hall–Kier alpha value is -1.14. The van der Waals surface area contributed by atoms with E-state index in [1.807, 2.05) is 0 Å². The molecule has 90 valence electrons. The second-order valence-electron chi connectivity index (χ2n) is 3.23. The number of hydrogen-bond donors (Lipinski definition) is 2. The van der Waals surface area contributed by atoms with E-state index in [9.17, 15) is 22.7 Å². The van der Waals surface area contributed by atoms with Gasteiger partial charge in [0, 0.05) is 18.6 Å². The molecule has 0 fully saturated rings. The molecular weight excluding hydrogens is 228 g/mol. The Morgan fingerprint density at radius 2 is 1.88 bits per heavy atom. The van der Waals surface area contributed by atoms with E-state index in [0.717, 1.165) is 12.1 Å². The highest BCUT2D eigenvalue weighted by atomic mass is 19.4. The van der Waals surface area contributed by atoms with E-state index in [-0.39, 0.29) is 6.42 Å². The number of benzene rings is 1. The van der Waals surface area contributed by atoms with Crippen LogP contribution in [-0.2, 0) is 6.18 Å². The van der Waals surface area contributed by atoms with Crippen molar-refractivity contribution in [3.8, 4) is 0 Å². The summed E-state index contributed by atoms with van der Waals surface area (Å²) in [5.41, 5.74) is -1.87. The van der Waals surface area contributed by atoms with Crippen molar-refractivity contribution in [2.24, 2.45) is 0 Å². The Morgan fingerprint density at radius 1 is 1.25 bits per heavy atom. The van der Waals surface area contributed by atoms with Crippen LogP contribution in [0, 0.1) is 5.82 Å². The summed E-state index contributed by atoms with van der Waals surface area (Å²) < 4.78 is 50.3. The quantitative estimate of drug-likeness (QED) is 0.793. The molecule has 0 radical (unpaired) electrons. The molecule has 2 nitrogen and oxygen atoms in total. The Kier molecular flexibility index (Phi) is 3.88. The maximum atomic E-state index is 13.4. The van der Waals surface area contributed by atoms with E-state index >= 15 is 0 Å². The lowest BCUT2D eigenvalue weighted by molar-refractivity contribution is -0.140. The molecule has 2 N–H and O–H groups in total. The Balaban J connectivity index is 3.14. The predicted octanol–water partition coefficient (Wildman–Crippen LogP) is 2.26. The number of aliphatic hydroxyl groups is 2. The fourth-order valence-corrected chi connectivity index (χ4v) is 1.30. The first-order chi connectivity index (χ1) is 7.38. The van der Waals surface area contributed by atoms with Crippen molar-refractivity contribution in [1.29, 1.82) is 0 Å². The summed E-state index contributed by atoms with van der Waals surface area (Å²) in [6, 6.07) is 2.68. The van der Waals surface area contributed by atoms with E-state index in [2.05, 4.69) is 0 Å². The molecule has 1 aromatic carbocycles. The number of alkyl halides is 3. The SMILES string of the molecule is OCCC(O)c1cccc(C(F)(F)F)c1F. The molecule has 0 amide bonds. The van der Waals surface area contributed by atoms with Crippen LogP contribution in [0.1, 0.15) is 23.7 Å². The van der Waals surface area contributed by atoms with Gasteiger partial charge in [-0.25, -0.2) is 4.39 Å². The minimum Gasteiger partial charge on any atom is -0.396 e. The monoisotopic (exact) mass is 238 g/mol. The molecular formula is C10H10F4O2. The summed E-state index contributed by atoms with van der Waals surface area (Å²) in [6.07, 6.45) is -6.44. The first-order valence-corrected chi connectivity index (χ1v) is 4.52. The van der Waals surface area contributed by atoms with Crippen LogP contribution in [0.2, 0.25) is 0 Å². The fourth-order valence-electron chi connectivity index (χ4n) is 1.30. The molecule has 0 aromatic heterocycles. The third kappa shape index (κ3) is 2.70. The molecule has 0 aliphatic heterocycles. The summed E-state index contributed by atoms with van der Waals surface area (Å²) in [4.78, 5) is 0. The van der Waals surface area contributed by atoms with E-state index in [0.29, 0.717) is 6.07 Å². The molecule has 0 saturated heterocycles. The van der Waals surface area contributed by atoms with Gasteiger partial charge in [-0.1, -0.05) is 12.1 Å². The zero-order valence-electron chi connectivity index (χ0n) is 8.13. The lowest BCUT2D eigenvalue weighted by atomic mass is 10.0. The Morgan fingerprint density at radius 3 is 2.38 bits per heavy atom. The highest BCUT2D eigenvalue weighted by molar-refractivity contribution is 5.29. The summed E-state index contributed by atoms with van der Waals surface area (Å²) >= 11 is 0. The van der Waals surface area contributed by atoms with Gasteiger partial charge < -0.3 is 10.2 Å². The average Bonchev–Trinajstić information content (AvgIpc) is 2.16. The van der Waals surface area contributed by atoms with Crippen LogP contribution >= 0.6 is 0 Å². The Bertz CT molecular complexity index is 362. The molecule has 0 aliphatic carbocycles. The van der Waals surface area contributed by atoms with E-state index in [4.69, 9.17) is 5.11 Å². The smallest absolute Gasteiger partial charge is 0.396 e. The molecule has 0 bridgehead atoms. The first kappa shape index (κ1) is 12.9. The molecule has 0 heterocycles. The lowest BCUT2D eigenvalue weighted by Gasteiger charge is -2.14. The lowest BCUT2D eigenvalue weighted by Crippen LogP contribution is -2.12. The molecule has 16 heavy (non-hydrogen) atoms. The van der Waals surface area contributed by atoms with Crippen molar-refractivity contribution in [3.63, 3.8) is 0 Å². The van der Waals surface area contributed by atoms with Gasteiger partial charge in [0.25, 0.3) is 0 Å². The van der Waals surface area contributed by atoms with Gasteiger partial charge in [-0.3, -0.25) is 0 Å². The number of aliphatic hydroxyl groups excluding tert-OH is 2. The summed E-state index contributed by atoms with van der Waals surface area (Å²) in [5, 5.41) is 17.8. The standard InChI is InChI=1S/C10H10F4O2/c11-9-6(8(16)4-5-15)2-1-3-7(9)10(12,13)14/h1-3,8,15-16H,4-5H2. The normalized spacial score (nSPS) is 13.9. The van der Waals surface area contributed by atoms with E-state index in [1.165, 1.54) is 0 Å². The molecule has 0 aliphatic rings. The van der Waals surface area contributed by atoms with Gasteiger partial charge >= 0.3 is 6.18 Å². The number of rotatable bonds is 3. The highest BCUT2D eigenvalue weighted by Gasteiger charge is 2.35. The van der Waals surface area contributed by atoms with Crippen molar-refractivity contribution in [2.75, 3.05) is 6.61 Å². The van der Waals surface area contributed by atoms with Gasteiger partial charge in [-0.15, -0.1) is 0 Å². The molecule has 0 spiro atoms. The largest absolute Gasteiger partial charge is 0.419 e. The molecule has 6 heteroatoms. The topological polar surface area (TPSA) is 40.5 Å². The first-order valence-electron chi connectivity index (χ1n) is 4.52. The maximum absolute atomic E-state index is 13.4. The minimum absolute atomic E-state index is 0.210. The summed E-state index contributed by atoms with van der Waals surface area (Å²) in [6.45, 7) is -0.434. The molecule has 1 atom stereocenters. The summed E-state index contributed by atoms with van der Waals surface area (Å²) in [5.74, 6) is -1.49. The second kappa shape index (κ2) is 4.80. The number of halogens is 4. The maximum Gasteiger partial charge on any atom is 0.419 e. The van der Waals surface area contributed by atoms with Crippen molar-refractivity contribution < 1.29 is 27.8 Å². The predicted molar refractivity (Wildman–Crippen MR) is 48.1 cm³/mol. The fraction of sp³-hybridized carbons (Fsp3) is 0.400. The van der Waals surface area contributed by atoms with Crippen LogP contribution in [0.3, 0.4) is 0 Å². The minimum atomic E-state index is -4.79. The van der Waals surface area contributed by atoms with Crippen LogP contribution in [0.5, 0.6) is 0 Å². The molecule has 0 saturated carbocycles. The molecule has 1 rings (SSSR count). The molecule has 1 unspecified atom stereocenters. The van der Waals surface area contributed by atoms with Gasteiger partial charge in [0.1, 0.15) is 5.82 Å². The average molecular weight is 238 g/mol. The van der Waals surface area contributed by atoms with Gasteiger partial charge in [0.2, 0.25) is 0 Å². The second-order valence-corrected chi connectivity index (χ2v) is 3.23. The Labute approximate surface area is 89.1 Å². The van der Waals surface area contributed by atoms with Gasteiger partial charge in [0.05, 0.1) is 11.7 Å². The van der Waals surface area contributed by atoms with E-state index < -0.39 is 35.8 Å². The van der Waals surface area contributed by atoms with Crippen LogP contribution in [0.4, 0.5) is 17.6 Å². The van der Waals surface area contributed by atoms with Gasteiger partial charge in [0.15, 0.2) is 0 Å². The third-order valence-electron chi connectivity index (χ3n) is 2.10. The van der Waals surface area contributed by atoms with Crippen LogP contribution in [-0.4, -0.2) is 16.8 Å². The zero-order chi connectivity index (χ0) is 12.3. The van der Waals surface area contributed by atoms with E-state index in [1.54, 1.807) is 0 Å². The van der Waals surface area contributed by atoms with Gasteiger partial charge in [-0.05, 0) is 6.07 Å². The van der Waals surface area contributed by atoms with Crippen molar-refractivity contribution >= 4 is 0 Å². The number of hydrogen-bond acceptors (Lipinski definition) is 2. The highest BCUT2D eigenvalue weighted by Crippen LogP contribution is 2.34. The van der Waals surface area contributed by atoms with Gasteiger partial charge in [-0.2, -0.15) is 13.2 Å². The van der Waals surface area contributed by atoms with Crippen LogP contribution < -0.4 is 0 Å². The van der Waals surface area contributed by atoms with Crippen molar-refractivity contribution in [2.45, 2.75) is 18.7 Å². The van der Waals surface area contributed by atoms with Crippen molar-refractivity contribution in [1.82, 2.24) is 0 Å².